The number of methoxy groups -OCH3 is 1. The Hall–Kier alpha value is -1.48. The molecule has 0 aliphatic rings. The molecular formula is C10H8ClNO2. The van der Waals surface area contributed by atoms with Gasteiger partial charge in [0.25, 0.3) is 0 Å². The highest BCUT2D eigenvalue weighted by atomic mass is 35.5. The number of hydrogen-bond donors (Lipinski definition) is 1. The molecule has 0 atom stereocenters. The Balaban J connectivity index is 2.79. The van der Waals surface area contributed by atoms with Crippen molar-refractivity contribution >= 4 is 22.5 Å². The van der Waals surface area contributed by atoms with Crippen LogP contribution in [0.5, 0.6) is 11.5 Å². The molecule has 0 bridgehead atoms. The number of rotatable bonds is 1. The van der Waals surface area contributed by atoms with Gasteiger partial charge in [0, 0.05) is 5.39 Å². The summed E-state index contributed by atoms with van der Waals surface area (Å²) < 4.78 is 5.02. The van der Waals surface area contributed by atoms with E-state index >= 15 is 0 Å². The largest absolute Gasteiger partial charge is 0.506 e. The zero-order valence-electron chi connectivity index (χ0n) is 7.49. The Kier molecular flexibility index (Phi) is 2.17. The fourth-order valence-electron chi connectivity index (χ4n) is 1.28. The lowest BCUT2D eigenvalue weighted by Crippen LogP contribution is -1.88. The minimum absolute atomic E-state index is 0.118. The second kappa shape index (κ2) is 3.35. The van der Waals surface area contributed by atoms with Crippen LogP contribution in [0.2, 0.25) is 5.15 Å². The zero-order chi connectivity index (χ0) is 10.1. The lowest BCUT2D eigenvalue weighted by Gasteiger charge is -2.05. The van der Waals surface area contributed by atoms with Gasteiger partial charge in [-0.25, -0.2) is 4.98 Å². The molecule has 1 N–H and O–H groups in total. The van der Waals surface area contributed by atoms with Crippen molar-refractivity contribution in [2.45, 2.75) is 0 Å². The molecule has 3 nitrogen and oxygen atoms in total. The third-order valence-electron chi connectivity index (χ3n) is 1.97. The van der Waals surface area contributed by atoms with Crippen molar-refractivity contribution in [1.29, 1.82) is 0 Å². The number of halogens is 1. The molecule has 2 rings (SSSR count). The number of aromatic hydroxyl groups is 1. The smallest absolute Gasteiger partial charge is 0.171 e. The minimum Gasteiger partial charge on any atom is -0.506 e. The number of phenols is 1. The van der Waals surface area contributed by atoms with Crippen LogP contribution in [0.4, 0.5) is 0 Å². The highest BCUT2D eigenvalue weighted by Crippen LogP contribution is 2.30. The van der Waals surface area contributed by atoms with Crippen molar-refractivity contribution in [3.63, 3.8) is 0 Å². The number of pyridine rings is 1. The first-order valence-corrected chi connectivity index (χ1v) is 4.42. The summed E-state index contributed by atoms with van der Waals surface area (Å²) in [5.41, 5.74) is 0.485. The summed E-state index contributed by atoms with van der Waals surface area (Å²) in [6, 6.07) is 6.89. The topological polar surface area (TPSA) is 42.4 Å². The fraction of sp³-hybridized carbons (Fsp3) is 0.100. The normalized spacial score (nSPS) is 10.4. The molecule has 14 heavy (non-hydrogen) atoms. The summed E-state index contributed by atoms with van der Waals surface area (Å²) in [5, 5.41) is 10.5. The molecule has 0 fully saturated rings. The van der Waals surface area contributed by atoms with Crippen LogP contribution in [-0.2, 0) is 0 Å². The standard InChI is InChI=1S/C10H8ClNO2/c1-14-8-5-6-3-2-4-7(13)9(6)12-10(8)11/h2-5,13H,1H3. The van der Waals surface area contributed by atoms with Crippen molar-refractivity contribution < 1.29 is 9.84 Å². The second-order valence-corrected chi connectivity index (χ2v) is 3.19. The molecule has 0 aliphatic heterocycles. The second-order valence-electron chi connectivity index (χ2n) is 2.83. The molecule has 0 aliphatic carbocycles. The summed E-state index contributed by atoms with van der Waals surface area (Å²) in [6.07, 6.45) is 0. The average molecular weight is 210 g/mol. The minimum atomic E-state index is 0.118. The summed E-state index contributed by atoms with van der Waals surface area (Å²) in [7, 11) is 1.53. The number of benzene rings is 1. The van der Waals surface area contributed by atoms with Gasteiger partial charge in [-0.3, -0.25) is 0 Å². The van der Waals surface area contributed by atoms with E-state index in [1.807, 2.05) is 6.07 Å². The number of para-hydroxylation sites is 1. The highest BCUT2D eigenvalue weighted by molar-refractivity contribution is 6.31. The van der Waals surface area contributed by atoms with Crippen molar-refractivity contribution in [2.24, 2.45) is 0 Å². The van der Waals surface area contributed by atoms with Gasteiger partial charge in [0.2, 0.25) is 0 Å². The Bertz CT molecular complexity index is 485. The summed E-state index contributed by atoms with van der Waals surface area (Å²) >= 11 is 5.83. The van der Waals surface area contributed by atoms with Gasteiger partial charge in [0.05, 0.1) is 7.11 Å². The molecule has 1 aromatic carbocycles. The molecule has 72 valence electrons. The van der Waals surface area contributed by atoms with Gasteiger partial charge in [-0.1, -0.05) is 23.7 Å². The SMILES string of the molecule is COc1cc2cccc(O)c2nc1Cl. The molecule has 1 aromatic heterocycles. The first kappa shape index (κ1) is 9.09. The van der Waals surface area contributed by atoms with Gasteiger partial charge in [-0.15, -0.1) is 0 Å². The van der Waals surface area contributed by atoms with Crippen LogP contribution in [0.25, 0.3) is 10.9 Å². The Morgan fingerprint density at radius 2 is 2.21 bits per heavy atom. The molecule has 4 heteroatoms. The summed E-state index contributed by atoms with van der Waals surface area (Å²) in [4.78, 5) is 4.04. The van der Waals surface area contributed by atoms with E-state index in [1.54, 1.807) is 18.2 Å². The van der Waals surface area contributed by atoms with E-state index in [-0.39, 0.29) is 10.9 Å². The van der Waals surface area contributed by atoms with Gasteiger partial charge in [0.15, 0.2) is 10.9 Å². The number of hydrogen-bond acceptors (Lipinski definition) is 3. The average Bonchev–Trinajstić information content (AvgIpc) is 2.19. The van der Waals surface area contributed by atoms with E-state index in [1.165, 1.54) is 7.11 Å². The van der Waals surface area contributed by atoms with Crippen LogP contribution in [0.3, 0.4) is 0 Å². The quantitative estimate of drug-likeness (QED) is 0.735. The lowest BCUT2D eigenvalue weighted by molar-refractivity contribution is 0.414. The van der Waals surface area contributed by atoms with Gasteiger partial charge in [0.1, 0.15) is 11.3 Å². The molecule has 0 spiro atoms. The van der Waals surface area contributed by atoms with Gasteiger partial charge in [-0.2, -0.15) is 0 Å². The Morgan fingerprint density at radius 3 is 2.93 bits per heavy atom. The maximum absolute atomic E-state index is 9.50. The molecular weight excluding hydrogens is 202 g/mol. The molecule has 0 amide bonds. The van der Waals surface area contributed by atoms with E-state index in [0.29, 0.717) is 11.3 Å². The monoisotopic (exact) mass is 209 g/mol. The predicted molar refractivity (Wildman–Crippen MR) is 55.0 cm³/mol. The van der Waals surface area contributed by atoms with Crippen LogP contribution >= 0.6 is 11.6 Å². The maximum atomic E-state index is 9.50. The third kappa shape index (κ3) is 1.36. The van der Waals surface area contributed by atoms with Crippen LogP contribution < -0.4 is 4.74 Å². The number of nitrogens with zero attached hydrogens (tertiary/aromatic N) is 1. The lowest BCUT2D eigenvalue weighted by atomic mass is 10.2. The summed E-state index contributed by atoms with van der Waals surface area (Å²) in [5.74, 6) is 0.622. The molecule has 1 heterocycles. The zero-order valence-corrected chi connectivity index (χ0v) is 8.25. The van der Waals surface area contributed by atoms with Crippen molar-refractivity contribution in [1.82, 2.24) is 4.98 Å². The molecule has 0 unspecified atom stereocenters. The van der Waals surface area contributed by atoms with E-state index in [2.05, 4.69) is 4.98 Å². The molecule has 2 aromatic rings. The number of ether oxygens (including phenoxy) is 1. The van der Waals surface area contributed by atoms with Gasteiger partial charge < -0.3 is 9.84 Å². The predicted octanol–water partition coefficient (Wildman–Crippen LogP) is 2.60. The number of aromatic nitrogens is 1. The number of phenolic OH excluding ortho intramolecular Hbond substituents is 1. The van der Waals surface area contributed by atoms with Gasteiger partial charge in [-0.05, 0) is 12.1 Å². The Morgan fingerprint density at radius 1 is 1.43 bits per heavy atom. The summed E-state index contributed by atoms with van der Waals surface area (Å²) in [6.45, 7) is 0. The van der Waals surface area contributed by atoms with E-state index in [4.69, 9.17) is 16.3 Å². The van der Waals surface area contributed by atoms with E-state index in [9.17, 15) is 5.11 Å². The molecule has 0 saturated carbocycles. The first-order chi connectivity index (χ1) is 6.72. The fourth-order valence-corrected chi connectivity index (χ4v) is 1.50. The number of fused-ring (bicyclic) bond motifs is 1. The van der Waals surface area contributed by atoms with Gasteiger partial charge >= 0.3 is 0 Å². The van der Waals surface area contributed by atoms with Crippen LogP contribution in [0.15, 0.2) is 24.3 Å². The van der Waals surface area contributed by atoms with Crippen LogP contribution in [0, 0.1) is 0 Å². The van der Waals surface area contributed by atoms with Crippen molar-refractivity contribution in [2.75, 3.05) is 7.11 Å². The highest BCUT2D eigenvalue weighted by Gasteiger charge is 2.07. The third-order valence-corrected chi connectivity index (χ3v) is 2.24. The molecule has 0 radical (unpaired) electrons. The van der Waals surface area contributed by atoms with E-state index < -0.39 is 0 Å². The maximum Gasteiger partial charge on any atom is 0.171 e. The van der Waals surface area contributed by atoms with Crippen LogP contribution in [-0.4, -0.2) is 17.2 Å². The van der Waals surface area contributed by atoms with Crippen LogP contribution in [0.1, 0.15) is 0 Å². The van der Waals surface area contributed by atoms with Crippen molar-refractivity contribution in [3.05, 3.63) is 29.4 Å². The Labute approximate surface area is 85.9 Å². The molecule has 0 saturated heterocycles. The van der Waals surface area contributed by atoms with Crippen molar-refractivity contribution in [3.8, 4) is 11.5 Å². The van der Waals surface area contributed by atoms with E-state index in [0.717, 1.165) is 5.39 Å². The first-order valence-electron chi connectivity index (χ1n) is 4.04.